The molecule has 1 N–H and O–H groups in total. The van der Waals surface area contributed by atoms with E-state index in [0.29, 0.717) is 10.8 Å². The molecule has 4 nitrogen and oxygen atoms in total. The van der Waals surface area contributed by atoms with Crippen LogP contribution in [0.25, 0.3) is 0 Å². The zero-order chi connectivity index (χ0) is 11.1. The van der Waals surface area contributed by atoms with Crippen LogP contribution in [0.3, 0.4) is 0 Å². The number of carboxylic acids is 1. The topological polar surface area (TPSA) is 52.9 Å². The molecule has 86 valence electrons. The van der Waals surface area contributed by atoms with Crippen molar-refractivity contribution in [2.45, 2.75) is 25.7 Å². The first-order valence-electron chi connectivity index (χ1n) is 5.74. The van der Waals surface area contributed by atoms with Gasteiger partial charge in [0.15, 0.2) is 5.17 Å². The number of hydrogen-bond donors (Lipinski definition) is 1. The molecule has 2 heterocycles. The van der Waals surface area contributed by atoms with E-state index in [1.807, 2.05) is 0 Å². The fourth-order valence-electron chi connectivity index (χ4n) is 2.40. The minimum Gasteiger partial charge on any atom is -0.477 e. The van der Waals surface area contributed by atoms with Gasteiger partial charge in [-0.05, 0) is 31.0 Å². The molecular weight excluding hydrogens is 224 g/mol. The van der Waals surface area contributed by atoms with E-state index in [9.17, 15) is 9.90 Å². The minimum atomic E-state index is -0.788. The highest BCUT2D eigenvalue weighted by atomic mass is 32.2. The van der Waals surface area contributed by atoms with Crippen LogP contribution >= 0.6 is 11.8 Å². The van der Waals surface area contributed by atoms with Crippen LogP contribution in [0.5, 0.6) is 0 Å². The number of allylic oxidation sites excluding steroid dienone is 1. The number of carbonyl (C=O) groups is 1. The Bertz CT molecular complexity index is 399. The van der Waals surface area contributed by atoms with E-state index in [4.69, 9.17) is 0 Å². The monoisotopic (exact) mass is 238 g/mol. The van der Waals surface area contributed by atoms with Gasteiger partial charge in [-0.1, -0.05) is 6.42 Å². The number of thioether (sulfide) groups is 1. The lowest BCUT2D eigenvalue weighted by Gasteiger charge is -2.34. The van der Waals surface area contributed by atoms with E-state index in [-0.39, 0.29) is 0 Å². The molecule has 0 bridgehead atoms. The lowest BCUT2D eigenvalue weighted by molar-refractivity contribution is -0.131. The summed E-state index contributed by atoms with van der Waals surface area (Å²) in [6.45, 7) is 1.78. The first-order chi connectivity index (χ1) is 7.77. The third-order valence-corrected chi connectivity index (χ3v) is 4.54. The van der Waals surface area contributed by atoms with Gasteiger partial charge in [-0.25, -0.2) is 4.79 Å². The van der Waals surface area contributed by atoms with Crippen molar-refractivity contribution >= 4 is 22.9 Å². The Kier molecular flexibility index (Phi) is 2.42. The molecular formula is C11H14N2O2S. The van der Waals surface area contributed by atoms with Gasteiger partial charge < -0.3 is 10.0 Å². The number of nitrogens with zero attached hydrogens (tertiary/aromatic N) is 2. The summed E-state index contributed by atoms with van der Waals surface area (Å²) in [7, 11) is 0. The second-order valence-electron chi connectivity index (χ2n) is 4.42. The number of fused-ring (bicyclic) bond motifs is 1. The smallest absolute Gasteiger partial charge is 0.344 e. The van der Waals surface area contributed by atoms with E-state index < -0.39 is 5.97 Å². The van der Waals surface area contributed by atoms with Crippen LogP contribution in [0.1, 0.15) is 25.7 Å². The molecule has 1 aliphatic carbocycles. The van der Waals surface area contributed by atoms with Crippen LogP contribution in [0, 0.1) is 5.92 Å². The quantitative estimate of drug-likeness (QED) is 0.798. The fraction of sp³-hybridized carbons (Fsp3) is 0.636. The highest BCUT2D eigenvalue weighted by molar-refractivity contribution is 8.18. The molecule has 2 aliphatic heterocycles. The zero-order valence-electron chi connectivity index (χ0n) is 8.98. The molecule has 0 atom stereocenters. The number of amidine groups is 1. The number of aliphatic imine (C=N–C) groups is 1. The van der Waals surface area contributed by atoms with E-state index in [2.05, 4.69) is 9.89 Å². The summed E-state index contributed by atoms with van der Waals surface area (Å²) in [6, 6.07) is 0. The normalized spacial score (nSPS) is 25.2. The molecule has 0 unspecified atom stereocenters. The SMILES string of the molecule is O=C(O)C1=C(C2CCC2)N2CCCN=C2S1. The Morgan fingerprint density at radius 1 is 1.44 bits per heavy atom. The number of aliphatic carboxylic acids is 1. The van der Waals surface area contributed by atoms with Crippen molar-refractivity contribution in [3.05, 3.63) is 10.6 Å². The standard InChI is InChI=1S/C11H14N2O2S/c14-10(15)9-8(7-3-1-4-7)13-6-2-5-12-11(13)16-9/h7H,1-6H2,(H,14,15). The molecule has 3 rings (SSSR count). The zero-order valence-corrected chi connectivity index (χ0v) is 9.79. The maximum atomic E-state index is 11.2. The van der Waals surface area contributed by atoms with Gasteiger partial charge in [0.25, 0.3) is 0 Å². The van der Waals surface area contributed by atoms with Crippen molar-refractivity contribution in [1.29, 1.82) is 0 Å². The molecule has 0 spiro atoms. The molecule has 0 saturated heterocycles. The van der Waals surface area contributed by atoms with E-state index in [1.54, 1.807) is 0 Å². The van der Waals surface area contributed by atoms with Crippen molar-refractivity contribution in [2.24, 2.45) is 10.9 Å². The Balaban J connectivity index is 1.98. The molecule has 3 aliphatic rings. The van der Waals surface area contributed by atoms with Crippen molar-refractivity contribution in [3.63, 3.8) is 0 Å². The molecule has 0 radical (unpaired) electrons. The van der Waals surface area contributed by atoms with Crippen LogP contribution in [-0.4, -0.2) is 34.2 Å². The predicted molar refractivity (Wildman–Crippen MR) is 63.2 cm³/mol. The Hall–Kier alpha value is -0.970. The Labute approximate surface area is 98.4 Å². The number of hydrogen-bond acceptors (Lipinski definition) is 4. The van der Waals surface area contributed by atoms with Crippen LogP contribution in [0.15, 0.2) is 15.6 Å². The summed E-state index contributed by atoms with van der Waals surface area (Å²) in [5.74, 6) is -0.326. The largest absolute Gasteiger partial charge is 0.477 e. The molecule has 1 saturated carbocycles. The van der Waals surface area contributed by atoms with Gasteiger partial charge in [0.05, 0.1) is 0 Å². The highest BCUT2D eigenvalue weighted by Gasteiger charge is 2.39. The summed E-state index contributed by atoms with van der Waals surface area (Å²) >= 11 is 1.34. The van der Waals surface area contributed by atoms with Crippen LogP contribution in [-0.2, 0) is 4.79 Å². The number of rotatable bonds is 2. The van der Waals surface area contributed by atoms with Crippen LogP contribution < -0.4 is 0 Å². The van der Waals surface area contributed by atoms with Gasteiger partial charge in [0.2, 0.25) is 0 Å². The molecule has 0 aromatic heterocycles. The summed E-state index contributed by atoms with van der Waals surface area (Å²) in [6.07, 6.45) is 4.53. The first kappa shape index (κ1) is 10.2. The molecule has 0 aromatic carbocycles. The van der Waals surface area contributed by atoms with Gasteiger partial charge >= 0.3 is 5.97 Å². The Morgan fingerprint density at radius 2 is 2.25 bits per heavy atom. The van der Waals surface area contributed by atoms with Gasteiger partial charge in [-0.3, -0.25) is 4.99 Å². The Morgan fingerprint density at radius 3 is 2.88 bits per heavy atom. The van der Waals surface area contributed by atoms with E-state index in [1.165, 1.54) is 18.2 Å². The molecule has 1 fully saturated rings. The second-order valence-corrected chi connectivity index (χ2v) is 5.40. The minimum absolute atomic E-state index is 0.462. The predicted octanol–water partition coefficient (Wildman–Crippen LogP) is 1.89. The van der Waals surface area contributed by atoms with Crippen molar-refractivity contribution in [2.75, 3.05) is 13.1 Å². The van der Waals surface area contributed by atoms with E-state index >= 15 is 0 Å². The molecule has 16 heavy (non-hydrogen) atoms. The molecule has 0 aromatic rings. The van der Waals surface area contributed by atoms with Crippen LogP contribution in [0.2, 0.25) is 0 Å². The van der Waals surface area contributed by atoms with Gasteiger partial charge in [-0.15, -0.1) is 0 Å². The maximum Gasteiger partial charge on any atom is 0.344 e. The van der Waals surface area contributed by atoms with Crippen molar-refractivity contribution in [3.8, 4) is 0 Å². The summed E-state index contributed by atoms with van der Waals surface area (Å²) < 4.78 is 0. The first-order valence-corrected chi connectivity index (χ1v) is 6.56. The lowest BCUT2D eigenvalue weighted by Crippen LogP contribution is -2.34. The fourth-order valence-corrected chi connectivity index (χ4v) is 3.51. The van der Waals surface area contributed by atoms with Gasteiger partial charge in [0.1, 0.15) is 4.91 Å². The van der Waals surface area contributed by atoms with Gasteiger partial charge in [-0.2, -0.15) is 0 Å². The lowest BCUT2D eigenvalue weighted by atomic mass is 9.82. The third kappa shape index (κ3) is 1.45. The van der Waals surface area contributed by atoms with Crippen LogP contribution in [0.4, 0.5) is 0 Å². The average Bonchev–Trinajstić information content (AvgIpc) is 2.56. The maximum absolute atomic E-state index is 11.2. The summed E-state index contributed by atoms with van der Waals surface area (Å²) in [5.41, 5.74) is 1.04. The third-order valence-electron chi connectivity index (χ3n) is 3.42. The van der Waals surface area contributed by atoms with Crippen molar-refractivity contribution < 1.29 is 9.90 Å². The van der Waals surface area contributed by atoms with E-state index in [0.717, 1.165) is 43.2 Å². The number of carboxylic acid groups (broad SMARTS) is 1. The molecule has 0 amide bonds. The summed E-state index contributed by atoms with van der Waals surface area (Å²) in [5, 5.41) is 10.1. The highest BCUT2D eigenvalue weighted by Crippen LogP contribution is 2.45. The summed E-state index contributed by atoms with van der Waals surface area (Å²) in [4.78, 5) is 18.3. The molecule has 5 heteroatoms. The van der Waals surface area contributed by atoms with Gasteiger partial charge in [0, 0.05) is 24.7 Å². The second kappa shape index (κ2) is 3.80. The van der Waals surface area contributed by atoms with Crippen molar-refractivity contribution in [1.82, 2.24) is 4.90 Å². The average molecular weight is 238 g/mol.